The second-order valence-electron chi connectivity index (χ2n) is 6.72. The Morgan fingerprint density at radius 1 is 1.25 bits per heavy atom. The van der Waals surface area contributed by atoms with Crippen LogP contribution in [0.15, 0.2) is 46.9 Å². The molecule has 1 heterocycles. The molecule has 1 aliphatic heterocycles. The van der Waals surface area contributed by atoms with Gasteiger partial charge in [-0.25, -0.2) is 9.59 Å². The number of piperazine rings is 1. The molecule has 8 heteroatoms. The van der Waals surface area contributed by atoms with Crippen molar-refractivity contribution in [3.63, 3.8) is 0 Å². The van der Waals surface area contributed by atoms with Crippen molar-refractivity contribution in [1.29, 1.82) is 0 Å². The second kappa shape index (κ2) is 8.52. The molecular formula is C20H22BrN3O4. The maximum Gasteiger partial charge on any atom is 0.410 e. The Hall–Kier alpha value is -2.74. The van der Waals surface area contributed by atoms with Crippen LogP contribution < -0.4 is 10.6 Å². The Morgan fingerprint density at radius 3 is 2.61 bits per heavy atom. The lowest BCUT2D eigenvalue weighted by atomic mass is 10.1. The minimum absolute atomic E-state index is 0.0572. The van der Waals surface area contributed by atoms with E-state index < -0.39 is 5.97 Å². The Balaban J connectivity index is 1.67. The van der Waals surface area contributed by atoms with Crippen LogP contribution >= 0.6 is 15.9 Å². The quantitative estimate of drug-likeness (QED) is 0.695. The number of nitrogens with zero attached hydrogens (tertiary/aromatic N) is 2. The predicted molar refractivity (Wildman–Crippen MR) is 111 cm³/mol. The highest BCUT2D eigenvalue weighted by Crippen LogP contribution is 2.32. The summed E-state index contributed by atoms with van der Waals surface area (Å²) in [4.78, 5) is 27.6. The summed E-state index contributed by atoms with van der Waals surface area (Å²) < 4.78 is 6.08. The molecule has 0 saturated carbocycles. The maximum atomic E-state index is 12.5. The van der Waals surface area contributed by atoms with E-state index in [2.05, 4.69) is 15.9 Å². The van der Waals surface area contributed by atoms with E-state index in [1.807, 2.05) is 42.2 Å². The summed E-state index contributed by atoms with van der Waals surface area (Å²) in [5.74, 6) is -1.07. The van der Waals surface area contributed by atoms with E-state index in [9.17, 15) is 14.7 Å². The first-order valence-electron chi connectivity index (χ1n) is 8.91. The number of nitrogen functional groups attached to an aromatic ring is 1. The number of hydrogen-bond acceptors (Lipinski definition) is 5. The van der Waals surface area contributed by atoms with Gasteiger partial charge >= 0.3 is 12.1 Å². The number of carbonyl (C=O) groups excluding carboxylic acids is 1. The van der Waals surface area contributed by atoms with Crippen LogP contribution in [0.2, 0.25) is 0 Å². The monoisotopic (exact) mass is 447 g/mol. The first-order chi connectivity index (χ1) is 13.4. The zero-order valence-electron chi connectivity index (χ0n) is 15.5. The number of carboxylic acid groups (broad SMARTS) is 1. The summed E-state index contributed by atoms with van der Waals surface area (Å²) >= 11 is 3.34. The fourth-order valence-electron chi connectivity index (χ4n) is 3.29. The van der Waals surface area contributed by atoms with Gasteiger partial charge in [0.15, 0.2) is 0 Å². The summed E-state index contributed by atoms with van der Waals surface area (Å²) in [7, 11) is 0. The lowest BCUT2D eigenvalue weighted by molar-refractivity contribution is 0.0697. The third-order valence-corrected chi connectivity index (χ3v) is 5.22. The van der Waals surface area contributed by atoms with Crippen molar-refractivity contribution >= 4 is 39.4 Å². The number of benzene rings is 2. The Kier molecular flexibility index (Phi) is 6.08. The molecule has 0 spiro atoms. The number of nitrogens with two attached hydrogens (primary N) is 1. The smallest absolute Gasteiger partial charge is 0.410 e. The molecule has 1 atom stereocenters. The molecule has 3 rings (SSSR count). The highest BCUT2D eigenvalue weighted by molar-refractivity contribution is 9.10. The number of ether oxygens (including phenoxy) is 1. The van der Waals surface area contributed by atoms with Gasteiger partial charge in [-0.15, -0.1) is 0 Å². The van der Waals surface area contributed by atoms with Gasteiger partial charge in [-0.2, -0.15) is 0 Å². The van der Waals surface area contributed by atoms with Crippen molar-refractivity contribution in [3.05, 3.63) is 58.1 Å². The Labute approximate surface area is 171 Å². The van der Waals surface area contributed by atoms with E-state index in [4.69, 9.17) is 10.5 Å². The van der Waals surface area contributed by atoms with Gasteiger partial charge in [-0.1, -0.05) is 46.3 Å². The summed E-state index contributed by atoms with van der Waals surface area (Å²) in [6.45, 7) is 3.68. The molecule has 1 fully saturated rings. The van der Waals surface area contributed by atoms with Crippen molar-refractivity contribution in [3.8, 4) is 0 Å². The zero-order valence-corrected chi connectivity index (χ0v) is 17.1. The normalized spacial score (nSPS) is 16.7. The van der Waals surface area contributed by atoms with Crippen molar-refractivity contribution in [2.75, 3.05) is 30.3 Å². The lowest BCUT2D eigenvalue weighted by Crippen LogP contribution is -2.54. The van der Waals surface area contributed by atoms with Gasteiger partial charge < -0.3 is 25.4 Å². The van der Waals surface area contributed by atoms with Crippen molar-refractivity contribution < 1.29 is 19.4 Å². The van der Waals surface area contributed by atoms with Crippen molar-refractivity contribution in [2.24, 2.45) is 0 Å². The highest BCUT2D eigenvalue weighted by Gasteiger charge is 2.30. The predicted octanol–water partition coefficient (Wildman–Crippen LogP) is 3.58. The minimum atomic E-state index is -1.07. The van der Waals surface area contributed by atoms with Gasteiger partial charge in [0.05, 0.1) is 16.9 Å². The second-order valence-corrected chi connectivity index (χ2v) is 7.64. The molecule has 1 amide bonds. The summed E-state index contributed by atoms with van der Waals surface area (Å²) in [5.41, 5.74) is 7.95. The Morgan fingerprint density at radius 2 is 1.96 bits per heavy atom. The molecule has 0 radical (unpaired) electrons. The first kappa shape index (κ1) is 20.0. The van der Waals surface area contributed by atoms with Crippen LogP contribution in [0.4, 0.5) is 16.2 Å². The number of carbonyl (C=O) groups is 2. The molecule has 2 aromatic rings. The molecule has 0 bridgehead atoms. The van der Waals surface area contributed by atoms with Crippen LogP contribution in [0.25, 0.3) is 0 Å². The minimum Gasteiger partial charge on any atom is -0.478 e. The van der Waals surface area contributed by atoms with Gasteiger partial charge in [0.25, 0.3) is 0 Å². The molecular weight excluding hydrogens is 426 g/mol. The van der Waals surface area contributed by atoms with Crippen LogP contribution in [0.5, 0.6) is 0 Å². The number of hydrogen-bond donors (Lipinski definition) is 2. The number of carboxylic acids is 1. The standard InChI is InChI=1S/C20H22BrN3O4/c1-13-11-23(17-10-15(21)9-16(18(17)22)19(25)26)7-8-24(13)20(27)28-12-14-5-3-2-4-6-14/h2-6,9-10,13H,7-8,11-12,22H2,1H3,(H,25,26)/t13-/m1/s1. The van der Waals surface area contributed by atoms with Crippen LogP contribution in [-0.2, 0) is 11.3 Å². The molecule has 7 nitrogen and oxygen atoms in total. The number of anilines is 2. The molecule has 2 aromatic carbocycles. The number of amides is 1. The van der Waals surface area contributed by atoms with Gasteiger partial charge in [-0.05, 0) is 24.6 Å². The molecule has 3 N–H and O–H groups in total. The summed E-state index contributed by atoms with van der Waals surface area (Å²) in [5, 5.41) is 9.34. The highest BCUT2D eigenvalue weighted by atomic mass is 79.9. The lowest BCUT2D eigenvalue weighted by Gasteiger charge is -2.40. The first-order valence-corrected chi connectivity index (χ1v) is 9.70. The molecule has 148 valence electrons. The van der Waals surface area contributed by atoms with Crippen LogP contribution in [0.1, 0.15) is 22.8 Å². The average molecular weight is 448 g/mol. The van der Waals surface area contributed by atoms with Crippen LogP contribution in [0, 0.1) is 0 Å². The average Bonchev–Trinajstić information content (AvgIpc) is 2.68. The molecule has 1 aliphatic rings. The topological polar surface area (TPSA) is 96.1 Å². The van der Waals surface area contributed by atoms with Crippen molar-refractivity contribution in [1.82, 2.24) is 4.90 Å². The van der Waals surface area contributed by atoms with E-state index in [-0.39, 0.29) is 30.0 Å². The van der Waals surface area contributed by atoms with Crippen LogP contribution in [-0.4, -0.2) is 47.7 Å². The fourth-order valence-corrected chi connectivity index (χ4v) is 3.74. The summed E-state index contributed by atoms with van der Waals surface area (Å²) in [6, 6.07) is 12.7. The van der Waals surface area contributed by atoms with Gasteiger partial charge in [0, 0.05) is 30.1 Å². The van der Waals surface area contributed by atoms with E-state index in [1.54, 1.807) is 11.0 Å². The third kappa shape index (κ3) is 4.39. The molecule has 0 unspecified atom stereocenters. The Bertz CT molecular complexity index is 875. The van der Waals surface area contributed by atoms with Gasteiger partial charge in [-0.3, -0.25) is 0 Å². The van der Waals surface area contributed by atoms with E-state index in [0.717, 1.165) is 5.56 Å². The van der Waals surface area contributed by atoms with E-state index in [0.29, 0.717) is 29.8 Å². The van der Waals surface area contributed by atoms with E-state index in [1.165, 1.54) is 6.07 Å². The van der Waals surface area contributed by atoms with Gasteiger partial charge in [0.1, 0.15) is 6.61 Å². The van der Waals surface area contributed by atoms with Gasteiger partial charge in [0.2, 0.25) is 0 Å². The van der Waals surface area contributed by atoms with Crippen LogP contribution in [0.3, 0.4) is 0 Å². The largest absolute Gasteiger partial charge is 0.478 e. The SMILES string of the molecule is C[C@@H]1CN(c2cc(Br)cc(C(=O)O)c2N)CCN1C(=O)OCc1ccccc1. The zero-order chi connectivity index (χ0) is 20.3. The molecule has 28 heavy (non-hydrogen) atoms. The molecule has 0 aliphatic carbocycles. The third-order valence-electron chi connectivity index (χ3n) is 4.76. The van der Waals surface area contributed by atoms with E-state index >= 15 is 0 Å². The van der Waals surface area contributed by atoms with Crippen molar-refractivity contribution in [2.45, 2.75) is 19.6 Å². The number of rotatable bonds is 4. The summed E-state index contributed by atoms with van der Waals surface area (Å²) in [6.07, 6.45) is -0.357. The fraction of sp³-hybridized carbons (Fsp3) is 0.300. The number of halogens is 1. The number of aromatic carboxylic acids is 1. The maximum absolute atomic E-state index is 12.5. The molecule has 0 aromatic heterocycles. The molecule has 1 saturated heterocycles.